The maximum atomic E-state index is 13.6. The molecule has 2 saturated heterocycles. The summed E-state index contributed by atoms with van der Waals surface area (Å²) in [6.45, 7) is 2.65. The first-order valence-electron chi connectivity index (χ1n) is 15.2. The molecular weight excluding hydrogens is 570 g/mol. The standard InChI is InChI=1S/C33H35N9O3/c1-45-33(32(44)38-26-7-8-28-27(17-26)30(40-39-28)25-18-36-37-19-25)11-16-41(21-33)20-29(43)42-14-9-23(10-15-42)22-3-5-24(6-4-22)31-34-12-2-13-35-31/h2-8,12-13,17-19,23H,9-11,14-16,20-21H2,1H3,(H,36,37)(H,38,44)(H,39,40)/t33-/m0/s1. The van der Waals surface area contributed by atoms with Gasteiger partial charge in [-0.25, -0.2) is 9.97 Å². The minimum atomic E-state index is -1.04. The molecule has 0 bridgehead atoms. The van der Waals surface area contributed by atoms with E-state index in [1.165, 1.54) is 5.56 Å². The summed E-state index contributed by atoms with van der Waals surface area (Å²) in [7, 11) is 1.56. The number of nitrogens with zero attached hydrogens (tertiary/aromatic N) is 6. The quantitative estimate of drug-likeness (QED) is 0.242. The summed E-state index contributed by atoms with van der Waals surface area (Å²) in [6.07, 6.45) is 9.32. The zero-order valence-electron chi connectivity index (χ0n) is 25.1. The van der Waals surface area contributed by atoms with E-state index in [1.807, 2.05) is 34.1 Å². The third-order valence-electron chi connectivity index (χ3n) is 9.12. The van der Waals surface area contributed by atoms with Crippen molar-refractivity contribution < 1.29 is 14.3 Å². The summed E-state index contributed by atoms with van der Waals surface area (Å²) in [4.78, 5) is 39.5. The number of aromatic nitrogens is 6. The largest absolute Gasteiger partial charge is 0.367 e. The first-order valence-corrected chi connectivity index (χ1v) is 15.2. The summed E-state index contributed by atoms with van der Waals surface area (Å²) in [6, 6.07) is 15.9. The number of hydrogen-bond donors (Lipinski definition) is 3. The van der Waals surface area contributed by atoms with Gasteiger partial charge in [0.2, 0.25) is 5.91 Å². The second-order valence-corrected chi connectivity index (χ2v) is 11.8. The Balaban J connectivity index is 0.933. The fraction of sp³-hybridized carbons (Fsp3) is 0.333. The topological polar surface area (TPSA) is 145 Å². The number of hydrogen-bond acceptors (Lipinski definition) is 8. The van der Waals surface area contributed by atoms with Crippen LogP contribution in [0.1, 0.15) is 30.7 Å². The monoisotopic (exact) mass is 605 g/mol. The summed E-state index contributed by atoms with van der Waals surface area (Å²) in [5.74, 6) is 0.999. The SMILES string of the molecule is CO[C@@]1(C(=O)Nc2ccc3[nH]nc(-c4cn[nH]c4)c3c2)CCN(CC(=O)N2CCC(c3ccc(-c4ncccn4)cc3)CC2)C1. The van der Waals surface area contributed by atoms with E-state index in [0.717, 1.165) is 46.4 Å². The van der Waals surface area contributed by atoms with Crippen LogP contribution in [0.4, 0.5) is 5.69 Å². The van der Waals surface area contributed by atoms with Crippen LogP contribution in [-0.2, 0) is 14.3 Å². The van der Waals surface area contributed by atoms with Gasteiger partial charge in [0.1, 0.15) is 5.69 Å². The van der Waals surface area contributed by atoms with Crippen molar-refractivity contribution in [2.24, 2.45) is 0 Å². The number of ether oxygens (including phenoxy) is 1. The Labute approximate surface area is 260 Å². The summed E-state index contributed by atoms with van der Waals surface area (Å²) in [5, 5.41) is 18.2. The maximum absolute atomic E-state index is 13.6. The second kappa shape index (κ2) is 12.2. The average Bonchev–Trinajstić information content (AvgIpc) is 3.86. The third-order valence-corrected chi connectivity index (χ3v) is 9.12. The zero-order chi connectivity index (χ0) is 30.8. The molecule has 45 heavy (non-hydrogen) atoms. The van der Waals surface area contributed by atoms with Crippen LogP contribution in [0.15, 0.2) is 73.3 Å². The van der Waals surface area contributed by atoms with Crippen molar-refractivity contribution in [1.29, 1.82) is 0 Å². The van der Waals surface area contributed by atoms with Crippen LogP contribution in [0.2, 0.25) is 0 Å². The Morgan fingerprint density at radius 1 is 1.04 bits per heavy atom. The fourth-order valence-corrected chi connectivity index (χ4v) is 6.48. The highest BCUT2D eigenvalue weighted by atomic mass is 16.5. The van der Waals surface area contributed by atoms with Crippen molar-refractivity contribution >= 4 is 28.4 Å². The van der Waals surface area contributed by atoms with Gasteiger partial charge in [0.25, 0.3) is 5.91 Å². The van der Waals surface area contributed by atoms with E-state index >= 15 is 0 Å². The summed E-state index contributed by atoms with van der Waals surface area (Å²) < 4.78 is 5.83. The van der Waals surface area contributed by atoms with Gasteiger partial charge in [0.05, 0.1) is 18.3 Å². The number of methoxy groups -OCH3 is 1. The zero-order valence-corrected chi connectivity index (χ0v) is 25.1. The van der Waals surface area contributed by atoms with Crippen LogP contribution in [0.3, 0.4) is 0 Å². The van der Waals surface area contributed by atoms with Gasteiger partial charge in [-0.2, -0.15) is 10.2 Å². The van der Waals surface area contributed by atoms with E-state index in [9.17, 15) is 9.59 Å². The minimum absolute atomic E-state index is 0.0921. The molecule has 0 radical (unpaired) electrons. The average molecular weight is 606 g/mol. The number of aromatic amines is 2. The van der Waals surface area contributed by atoms with Crippen molar-refractivity contribution in [2.75, 3.05) is 45.2 Å². The molecule has 2 fully saturated rings. The molecule has 230 valence electrons. The molecule has 3 aromatic heterocycles. The van der Waals surface area contributed by atoms with Crippen LogP contribution < -0.4 is 5.32 Å². The van der Waals surface area contributed by atoms with Gasteiger partial charge >= 0.3 is 0 Å². The van der Waals surface area contributed by atoms with Crippen LogP contribution >= 0.6 is 0 Å². The lowest BCUT2D eigenvalue weighted by Crippen LogP contribution is -2.48. The number of anilines is 1. The molecule has 7 rings (SSSR count). The van der Waals surface area contributed by atoms with Gasteiger partial charge in [-0.05, 0) is 55.0 Å². The molecule has 2 aliphatic rings. The smallest absolute Gasteiger partial charge is 0.258 e. The van der Waals surface area contributed by atoms with Gasteiger partial charge in [-0.15, -0.1) is 0 Å². The van der Waals surface area contributed by atoms with Crippen molar-refractivity contribution in [3.63, 3.8) is 0 Å². The first kappa shape index (κ1) is 28.8. The van der Waals surface area contributed by atoms with Gasteiger partial charge in [0.15, 0.2) is 11.4 Å². The van der Waals surface area contributed by atoms with Gasteiger partial charge < -0.3 is 15.0 Å². The Bertz CT molecular complexity index is 1780. The fourth-order valence-electron chi connectivity index (χ4n) is 6.48. The van der Waals surface area contributed by atoms with Crippen molar-refractivity contribution in [3.05, 3.63) is 78.9 Å². The summed E-state index contributed by atoms with van der Waals surface area (Å²) >= 11 is 0. The van der Waals surface area contributed by atoms with E-state index in [2.05, 4.69) is 59.9 Å². The van der Waals surface area contributed by atoms with E-state index in [0.29, 0.717) is 44.2 Å². The van der Waals surface area contributed by atoms with Crippen LogP contribution in [0.25, 0.3) is 33.5 Å². The Kier molecular flexibility index (Phi) is 7.82. The lowest BCUT2D eigenvalue weighted by molar-refractivity contribution is -0.138. The number of H-pyrrole nitrogens is 2. The normalized spacial score (nSPS) is 19.3. The lowest BCUT2D eigenvalue weighted by Gasteiger charge is -2.33. The highest BCUT2D eigenvalue weighted by Crippen LogP contribution is 2.32. The molecule has 2 amide bonds. The molecule has 5 aromatic rings. The lowest BCUT2D eigenvalue weighted by atomic mass is 9.89. The molecule has 0 aliphatic carbocycles. The molecular formula is C33H35N9O3. The number of carbonyl (C=O) groups is 2. The Morgan fingerprint density at radius 3 is 2.58 bits per heavy atom. The number of likely N-dealkylation sites (tertiary alicyclic amines) is 2. The number of nitrogens with one attached hydrogen (secondary N) is 3. The predicted octanol–water partition coefficient (Wildman–Crippen LogP) is 3.85. The second-order valence-electron chi connectivity index (χ2n) is 11.8. The maximum Gasteiger partial charge on any atom is 0.258 e. The van der Waals surface area contributed by atoms with Crippen LogP contribution in [-0.4, -0.2) is 97.4 Å². The Hall–Kier alpha value is -4.94. The molecule has 2 aromatic carbocycles. The highest BCUT2D eigenvalue weighted by Gasteiger charge is 2.45. The van der Waals surface area contributed by atoms with Gasteiger partial charge in [-0.3, -0.25) is 24.7 Å². The number of piperidine rings is 1. The molecule has 12 nitrogen and oxygen atoms in total. The number of benzene rings is 2. The number of fused-ring (bicyclic) bond motifs is 1. The molecule has 0 spiro atoms. The molecule has 0 saturated carbocycles. The van der Waals surface area contributed by atoms with Gasteiger partial charge in [0, 0.05) is 74.1 Å². The molecule has 5 heterocycles. The van der Waals surface area contributed by atoms with E-state index in [1.54, 1.807) is 31.9 Å². The first-order chi connectivity index (χ1) is 22.0. The van der Waals surface area contributed by atoms with Crippen molar-refractivity contribution in [3.8, 4) is 22.6 Å². The van der Waals surface area contributed by atoms with Crippen molar-refractivity contribution in [2.45, 2.75) is 30.8 Å². The molecule has 3 N–H and O–H groups in total. The third kappa shape index (κ3) is 5.81. The van der Waals surface area contributed by atoms with Gasteiger partial charge in [-0.1, -0.05) is 24.3 Å². The molecule has 1 atom stereocenters. The molecule has 0 unspecified atom stereocenters. The van der Waals surface area contributed by atoms with E-state index < -0.39 is 5.60 Å². The number of carbonyl (C=O) groups excluding carboxylic acids is 2. The van der Waals surface area contributed by atoms with E-state index in [4.69, 9.17) is 4.74 Å². The predicted molar refractivity (Wildman–Crippen MR) is 169 cm³/mol. The van der Waals surface area contributed by atoms with E-state index in [-0.39, 0.29) is 18.4 Å². The highest BCUT2D eigenvalue weighted by molar-refractivity contribution is 6.01. The number of amides is 2. The summed E-state index contributed by atoms with van der Waals surface area (Å²) in [5.41, 5.74) is 4.35. The Morgan fingerprint density at radius 2 is 1.84 bits per heavy atom. The number of rotatable bonds is 8. The van der Waals surface area contributed by atoms with Crippen LogP contribution in [0, 0.1) is 0 Å². The minimum Gasteiger partial charge on any atom is -0.367 e. The van der Waals surface area contributed by atoms with Crippen LogP contribution in [0.5, 0.6) is 0 Å². The molecule has 2 aliphatic heterocycles. The molecule has 12 heteroatoms. The van der Waals surface area contributed by atoms with Crippen molar-refractivity contribution in [1.82, 2.24) is 40.2 Å².